The second-order valence-electron chi connectivity index (χ2n) is 11.9. The number of hydrogen-bond acceptors (Lipinski definition) is 4. The van der Waals surface area contributed by atoms with Crippen LogP contribution in [0.2, 0.25) is 0 Å². The zero-order valence-electron chi connectivity index (χ0n) is 25.2. The van der Waals surface area contributed by atoms with Crippen molar-refractivity contribution in [2.24, 2.45) is 35.5 Å². The second kappa shape index (κ2) is 25.4. The lowest BCUT2D eigenvalue weighted by Crippen LogP contribution is -2.10. The van der Waals surface area contributed by atoms with Crippen LogP contribution in [-0.2, 0) is 19.1 Å². The summed E-state index contributed by atoms with van der Waals surface area (Å²) >= 11 is 0. The van der Waals surface area contributed by atoms with Gasteiger partial charge in [-0.05, 0) is 48.9 Å². The van der Waals surface area contributed by atoms with Gasteiger partial charge in [0.15, 0.2) is 0 Å². The van der Waals surface area contributed by atoms with Gasteiger partial charge in [0.1, 0.15) is 11.6 Å². The van der Waals surface area contributed by atoms with E-state index in [4.69, 9.17) is 9.47 Å². The number of ketones is 2. The topological polar surface area (TPSA) is 52.6 Å². The van der Waals surface area contributed by atoms with Gasteiger partial charge in [-0.3, -0.25) is 9.59 Å². The highest BCUT2D eigenvalue weighted by molar-refractivity contribution is 5.86. The van der Waals surface area contributed by atoms with Gasteiger partial charge in [-0.1, -0.05) is 83.1 Å². The summed E-state index contributed by atoms with van der Waals surface area (Å²) < 4.78 is 10.9. The van der Waals surface area contributed by atoms with Gasteiger partial charge in [-0.2, -0.15) is 0 Å². The fraction of sp³-hybridized carbons (Fsp3) is 0.933. The maximum Gasteiger partial charge on any atom is 0.135 e. The largest absolute Gasteiger partial charge is 0.379 e. The Morgan fingerprint density at radius 1 is 0.529 bits per heavy atom. The molecule has 0 aliphatic heterocycles. The highest BCUT2D eigenvalue weighted by Crippen LogP contribution is 2.08. The maximum absolute atomic E-state index is 11.2. The molecule has 4 heteroatoms. The van der Waals surface area contributed by atoms with Crippen molar-refractivity contribution in [3.8, 4) is 0 Å². The predicted octanol–water partition coefficient (Wildman–Crippen LogP) is 8.41. The van der Waals surface area contributed by atoms with E-state index in [-0.39, 0.29) is 17.5 Å². The second-order valence-corrected chi connectivity index (χ2v) is 11.9. The lowest BCUT2D eigenvalue weighted by Gasteiger charge is -2.08. The Morgan fingerprint density at radius 2 is 0.941 bits per heavy atom. The minimum atomic E-state index is 0.0619. The summed E-state index contributed by atoms with van der Waals surface area (Å²) in [5.74, 6) is 4.09. The number of ether oxygens (including phenoxy) is 2. The molecule has 0 amide bonds. The van der Waals surface area contributed by atoms with E-state index in [1.54, 1.807) is 0 Å². The molecule has 34 heavy (non-hydrogen) atoms. The number of carbonyl (C=O) groups excluding carboxylic acids is 2. The van der Waals surface area contributed by atoms with Crippen molar-refractivity contribution < 1.29 is 19.1 Å². The van der Waals surface area contributed by atoms with Crippen LogP contribution >= 0.6 is 0 Å². The molecular formula is C30H62O4. The molecule has 0 saturated heterocycles. The van der Waals surface area contributed by atoms with Crippen molar-refractivity contribution in [1.82, 2.24) is 0 Å². The van der Waals surface area contributed by atoms with Crippen LogP contribution in [0.4, 0.5) is 0 Å². The third-order valence-electron chi connectivity index (χ3n) is 4.92. The highest BCUT2D eigenvalue weighted by atomic mass is 16.5. The summed E-state index contributed by atoms with van der Waals surface area (Å²) in [6.45, 7) is 28.9. The molecule has 0 radical (unpaired) electrons. The minimum Gasteiger partial charge on any atom is -0.379 e. The molecule has 0 bridgehead atoms. The van der Waals surface area contributed by atoms with Gasteiger partial charge in [-0.15, -0.1) is 0 Å². The van der Waals surface area contributed by atoms with Crippen LogP contribution in [-0.4, -0.2) is 38.0 Å². The Kier molecular flexibility index (Phi) is 28.2. The molecule has 0 spiro atoms. The van der Waals surface area contributed by atoms with Crippen LogP contribution in [0, 0.1) is 35.5 Å². The zero-order chi connectivity index (χ0) is 27.1. The molecule has 4 nitrogen and oxygen atoms in total. The van der Waals surface area contributed by atoms with Crippen LogP contribution in [0.1, 0.15) is 122 Å². The number of rotatable bonds is 17. The molecule has 0 fully saturated rings. The quantitative estimate of drug-likeness (QED) is 0.194. The van der Waals surface area contributed by atoms with E-state index in [0.29, 0.717) is 25.2 Å². The van der Waals surface area contributed by atoms with Gasteiger partial charge >= 0.3 is 0 Å². The molecule has 0 aromatic carbocycles. The molecule has 0 rings (SSSR count). The molecule has 0 heterocycles. The normalized spacial score (nSPS) is 11.2. The third-order valence-corrected chi connectivity index (χ3v) is 4.92. The van der Waals surface area contributed by atoms with E-state index in [0.717, 1.165) is 62.9 Å². The summed E-state index contributed by atoms with van der Waals surface area (Å²) in [6, 6.07) is 0. The van der Waals surface area contributed by atoms with Crippen molar-refractivity contribution in [3.63, 3.8) is 0 Å². The number of Topliss-reactive ketones (excluding diaryl/α,β-unsaturated/α-hetero) is 2. The molecule has 0 aromatic heterocycles. The van der Waals surface area contributed by atoms with Crippen LogP contribution in [0.15, 0.2) is 0 Å². The molecule has 0 aliphatic rings. The molecule has 0 aliphatic carbocycles. The maximum atomic E-state index is 11.2. The average molecular weight is 487 g/mol. The van der Waals surface area contributed by atoms with E-state index >= 15 is 0 Å². The molecule has 0 unspecified atom stereocenters. The first-order chi connectivity index (χ1) is 15.7. The highest BCUT2D eigenvalue weighted by Gasteiger charge is 2.11. The Hall–Kier alpha value is -0.740. The van der Waals surface area contributed by atoms with Crippen LogP contribution in [0.25, 0.3) is 0 Å². The summed E-state index contributed by atoms with van der Waals surface area (Å²) in [5.41, 5.74) is 0. The fourth-order valence-corrected chi connectivity index (χ4v) is 3.01. The van der Waals surface area contributed by atoms with Crippen molar-refractivity contribution in [2.75, 3.05) is 26.4 Å². The average Bonchev–Trinajstić information content (AvgIpc) is 2.67. The van der Waals surface area contributed by atoms with E-state index in [9.17, 15) is 9.59 Å². The monoisotopic (exact) mass is 486 g/mol. The molecule has 0 aromatic rings. The lowest BCUT2D eigenvalue weighted by atomic mass is 9.99. The predicted molar refractivity (Wildman–Crippen MR) is 148 cm³/mol. The Bertz CT molecular complexity index is 431. The van der Waals surface area contributed by atoms with Crippen LogP contribution in [0.5, 0.6) is 0 Å². The zero-order valence-corrected chi connectivity index (χ0v) is 25.2. The third kappa shape index (κ3) is 38.5. The SMILES string of the molecule is CC(C)CC(=O)CCC(=O)C(C)C.CC(C)CC(C)C.CC(C)CCOCCOCCC(C)C. The standard InChI is InChI=1S/C12H26O2.C11H20O2.C7H16/c1-11(2)5-7-13-9-10-14-8-6-12(3)4;1-8(2)7-10(12)5-6-11(13)9(3)4;1-6(2)5-7(3)4/h11-12H,5-10H2,1-4H3;8-9H,5-7H2,1-4H3;6-7H,5H2,1-4H3. The molecule has 0 N–H and O–H groups in total. The van der Waals surface area contributed by atoms with Crippen molar-refractivity contribution in [2.45, 2.75) is 122 Å². The van der Waals surface area contributed by atoms with Gasteiger partial charge in [0.05, 0.1) is 13.2 Å². The molecule has 0 saturated carbocycles. The first-order valence-corrected chi connectivity index (χ1v) is 13.9. The summed E-state index contributed by atoms with van der Waals surface area (Å²) in [4.78, 5) is 22.4. The van der Waals surface area contributed by atoms with Gasteiger partial charge in [0.2, 0.25) is 0 Å². The van der Waals surface area contributed by atoms with Gasteiger partial charge in [0, 0.05) is 38.4 Å². The van der Waals surface area contributed by atoms with E-state index < -0.39 is 0 Å². The van der Waals surface area contributed by atoms with Gasteiger partial charge < -0.3 is 9.47 Å². The lowest BCUT2D eigenvalue weighted by molar-refractivity contribution is -0.126. The van der Waals surface area contributed by atoms with Crippen molar-refractivity contribution in [3.05, 3.63) is 0 Å². The molecule has 0 atom stereocenters. The Balaban J connectivity index is -0.000000448. The van der Waals surface area contributed by atoms with Gasteiger partial charge in [-0.25, -0.2) is 0 Å². The van der Waals surface area contributed by atoms with E-state index in [2.05, 4.69) is 55.4 Å². The van der Waals surface area contributed by atoms with E-state index in [1.807, 2.05) is 27.7 Å². The van der Waals surface area contributed by atoms with Crippen LogP contribution in [0.3, 0.4) is 0 Å². The Morgan fingerprint density at radius 3 is 1.21 bits per heavy atom. The molecule has 206 valence electrons. The van der Waals surface area contributed by atoms with Crippen molar-refractivity contribution >= 4 is 11.6 Å². The summed E-state index contributed by atoms with van der Waals surface area (Å²) in [5, 5.41) is 0. The van der Waals surface area contributed by atoms with Crippen LogP contribution < -0.4 is 0 Å². The van der Waals surface area contributed by atoms with Crippen molar-refractivity contribution in [1.29, 1.82) is 0 Å². The number of carbonyl (C=O) groups is 2. The smallest absolute Gasteiger partial charge is 0.135 e. The summed E-state index contributed by atoms with van der Waals surface area (Å²) in [6.07, 6.45) is 5.10. The number of hydrogen-bond donors (Lipinski definition) is 0. The summed E-state index contributed by atoms with van der Waals surface area (Å²) in [7, 11) is 0. The van der Waals surface area contributed by atoms with Gasteiger partial charge in [0.25, 0.3) is 0 Å². The van der Waals surface area contributed by atoms with E-state index in [1.165, 1.54) is 6.42 Å². The fourth-order valence-electron chi connectivity index (χ4n) is 3.01. The Labute approximate surface area is 214 Å². The molecular weight excluding hydrogens is 424 g/mol. The first kappa shape index (κ1) is 37.8. The first-order valence-electron chi connectivity index (χ1n) is 13.9. The minimum absolute atomic E-state index is 0.0619.